The van der Waals surface area contributed by atoms with Crippen LogP contribution in [0.1, 0.15) is 28.9 Å². The first-order chi connectivity index (χ1) is 9.67. The molecule has 1 heterocycles. The number of rotatable bonds is 3. The zero-order valence-corrected chi connectivity index (χ0v) is 12.4. The topological polar surface area (TPSA) is 29.1 Å². The van der Waals surface area contributed by atoms with E-state index in [0.29, 0.717) is 16.7 Å². The first-order valence-electron chi connectivity index (χ1n) is 6.73. The maximum Gasteiger partial charge on any atom is 0.261 e. The molecule has 106 valence electrons. The molecule has 0 bridgehead atoms. The lowest BCUT2D eigenvalue weighted by atomic mass is 10.1. The second kappa shape index (κ2) is 5.70. The van der Waals surface area contributed by atoms with Gasteiger partial charge in [-0.2, -0.15) is 0 Å². The van der Waals surface area contributed by atoms with Gasteiger partial charge >= 0.3 is 0 Å². The molecule has 0 saturated heterocycles. The predicted molar refractivity (Wildman–Crippen MR) is 81.1 cm³/mol. The summed E-state index contributed by atoms with van der Waals surface area (Å²) in [5, 5.41) is 3.97. The minimum absolute atomic E-state index is 0.0753. The number of amides is 1. The molecule has 2 aromatic rings. The van der Waals surface area contributed by atoms with Gasteiger partial charge < -0.3 is 5.32 Å². The van der Waals surface area contributed by atoms with Crippen LogP contribution in [-0.2, 0) is 0 Å². The molecular weight excluding hydrogens is 297 g/mol. The second-order valence-corrected chi connectivity index (χ2v) is 6.61. The Morgan fingerprint density at radius 1 is 1.40 bits per heavy atom. The molecule has 1 aromatic heterocycles. The van der Waals surface area contributed by atoms with Crippen molar-refractivity contribution in [3.63, 3.8) is 0 Å². The van der Waals surface area contributed by atoms with E-state index in [1.54, 1.807) is 6.07 Å². The van der Waals surface area contributed by atoms with Crippen molar-refractivity contribution in [1.29, 1.82) is 0 Å². The lowest BCUT2D eigenvalue weighted by Gasteiger charge is -2.18. The fraction of sp³-hybridized carbons (Fsp3) is 0.400. The Hall–Kier alpha value is -1.13. The maximum atomic E-state index is 13.2. The number of alkyl halides is 1. The van der Waals surface area contributed by atoms with Crippen LogP contribution < -0.4 is 5.32 Å². The average Bonchev–Trinajstić information content (AvgIpc) is 3.04. The molecule has 20 heavy (non-hydrogen) atoms. The van der Waals surface area contributed by atoms with Gasteiger partial charge in [0, 0.05) is 16.6 Å². The summed E-state index contributed by atoms with van der Waals surface area (Å²) < 4.78 is 14.0. The van der Waals surface area contributed by atoms with Crippen molar-refractivity contribution in [2.75, 3.05) is 5.88 Å². The lowest BCUT2D eigenvalue weighted by Crippen LogP contribution is -2.37. The van der Waals surface area contributed by atoms with Crippen LogP contribution in [0.25, 0.3) is 10.1 Å². The average molecular weight is 312 g/mol. The Bertz CT molecular complexity index is 642. The van der Waals surface area contributed by atoms with E-state index in [1.165, 1.54) is 23.5 Å². The summed E-state index contributed by atoms with van der Waals surface area (Å²) in [5.41, 5.74) is 0. The van der Waals surface area contributed by atoms with Crippen LogP contribution >= 0.6 is 22.9 Å². The Balaban J connectivity index is 1.78. The van der Waals surface area contributed by atoms with Gasteiger partial charge in [-0.1, -0.05) is 12.5 Å². The molecule has 0 aliphatic heterocycles. The fourth-order valence-corrected chi connectivity index (χ4v) is 4.13. The van der Waals surface area contributed by atoms with Crippen LogP contribution in [0.3, 0.4) is 0 Å². The van der Waals surface area contributed by atoms with E-state index >= 15 is 0 Å². The van der Waals surface area contributed by atoms with Crippen LogP contribution in [0, 0.1) is 11.7 Å². The SMILES string of the molecule is O=C(NC1CCCC1CCl)c1cc2ccc(F)cc2s1. The van der Waals surface area contributed by atoms with Crippen LogP contribution in [0.5, 0.6) is 0 Å². The van der Waals surface area contributed by atoms with Gasteiger partial charge in [-0.05, 0) is 42.3 Å². The van der Waals surface area contributed by atoms with E-state index < -0.39 is 0 Å². The summed E-state index contributed by atoms with van der Waals surface area (Å²) in [5.74, 6) is 0.605. The number of nitrogens with one attached hydrogen (secondary N) is 1. The van der Waals surface area contributed by atoms with Gasteiger partial charge in [-0.3, -0.25) is 4.79 Å². The van der Waals surface area contributed by atoms with E-state index in [-0.39, 0.29) is 17.8 Å². The molecule has 3 rings (SSSR count). The molecule has 0 spiro atoms. The van der Waals surface area contributed by atoms with E-state index in [0.717, 1.165) is 29.3 Å². The molecule has 2 unspecified atom stereocenters. The fourth-order valence-electron chi connectivity index (χ4n) is 2.77. The number of hydrogen-bond acceptors (Lipinski definition) is 2. The van der Waals surface area contributed by atoms with Gasteiger partial charge in [-0.25, -0.2) is 4.39 Å². The Morgan fingerprint density at radius 2 is 2.25 bits per heavy atom. The van der Waals surface area contributed by atoms with E-state index in [2.05, 4.69) is 5.32 Å². The summed E-state index contributed by atoms with van der Waals surface area (Å²) in [7, 11) is 0. The summed E-state index contributed by atoms with van der Waals surface area (Å²) in [6.45, 7) is 0. The minimum atomic E-state index is -0.274. The maximum absolute atomic E-state index is 13.2. The Morgan fingerprint density at radius 3 is 3.05 bits per heavy atom. The van der Waals surface area contributed by atoms with E-state index in [9.17, 15) is 9.18 Å². The first-order valence-corrected chi connectivity index (χ1v) is 8.08. The van der Waals surface area contributed by atoms with Crippen molar-refractivity contribution in [2.45, 2.75) is 25.3 Å². The van der Waals surface area contributed by atoms with E-state index in [1.807, 2.05) is 6.07 Å². The zero-order valence-electron chi connectivity index (χ0n) is 10.9. The standard InChI is InChI=1S/C15H15ClFNOS/c16-8-10-2-1-3-12(10)18-15(19)14-6-9-4-5-11(17)7-13(9)20-14/h4-7,10,12H,1-3,8H2,(H,18,19). The number of carbonyl (C=O) groups is 1. The van der Waals surface area contributed by atoms with Gasteiger partial charge in [0.25, 0.3) is 5.91 Å². The molecule has 1 saturated carbocycles. The van der Waals surface area contributed by atoms with Crippen molar-refractivity contribution in [3.8, 4) is 0 Å². The van der Waals surface area contributed by atoms with Crippen molar-refractivity contribution in [1.82, 2.24) is 5.32 Å². The van der Waals surface area contributed by atoms with Gasteiger partial charge in [0.15, 0.2) is 0 Å². The van der Waals surface area contributed by atoms with Gasteiger partial charge in [0.05, 0.1) is 4.88 Å². The molecule has 5 heteroatoms. The summed E-state index contributed by atoms with van der Waals surface area (Å²) in [6.07, 6.45) is 3.18. The third kappa shape index (κ3) is 2.67. The molecule has 1 fully saturated rings. The highest BCUT2D eigenvalue weighted by Gasteiger charge is 2.28. The van der Waals surface area contributed by atoms with Gasteiger partial charge in [0.2, 0.25) is 0 Å². The number of benzene rings is 1. The lowest BCUT2D eigenvalue weighted by molar-refractivity contribution is 0.0934. The number of carbonyl (C=O) groups excluding carboxylic acids is 1. The molecule has 2 atom stereocenters. The van der Waals surface area contributed by atoms with Crippen LogP contribution in [-0.4, -0.2) is 17.8 Å². The number of fused-ring (bicyclic) bond motifs is 1. The normalized spacial score (nSPS) is 22.3. The third-order valence-corrected chi connectivity index (χ3v) is 5.37. The Labute approximate surface area is 125 Å². The van der Waals surface area contributed by atoms with Crippen molar-refractivity contribution in [3.05, 3.63) is 35.0 Å². The molecule has 0 radical (unpaired) electrons. The number of halogens is 2. The predicted octanol–water partition coefficient (Wildman–Crippen LogP) is 4.18. The van der Waals surface area contributed by atoms with Gasteiger partial charge in [-0.15, -0.1) is 22.9 Å². The monoisotopic (exact) mass is 311 g/mol. The van der Waals surface area contributed by atoms with Crippen LogP contribution in [0.4, 0.5) is 4.39 Å². The largest absolute Gasteiger partial charge is 0.348 e. The van der Waals surface area contributed by atoms with Crippen molar-refractivity contribution in [2.24, 2.45) is 5.92 Å². The second-order valence-electron chi connectivity index (χ2n) is 5.22. The van der Waals surface area contributed by atoms with Gasteiger partial charge in [0.1, 0.15) is 5.82 Å². The third-order valence-electron chi connectivity index (χ3n) is 3.88. The summed E-state index contributed by atoms with van der Waals surface area (Å²) >= 11 is 7.25. The number of thiophene rings is 1. The molecule has 1 amide bonds. The molecule has 2 nitrogen and oxygen atoms in total. The highest BCUT2D eigenvalue weighted by atomic mass is 35.5. The summed E-state index contributed by atoms with van der Waals surface area (Å²) in [4.78, 5) is 12.9. The van der Waals surface area contributed by atoms with Crippen molar-refractivity contribution >= 4 is 38.9 Å². The molecule has 1 aliphatic rings. The molecular formula is C15H15ClFNOS. The molecule has 1 N–H and O–H groups in total. The van der Waals surface area contributed by atoms with Crippen LogP contribution in [0.15, 0.2) is 24.3 Å². The molecule has 1 aromatic carbocycles. The van der Waals surface area contributed by atoms with E-state index in [4.69, 9.17) is 11.6 Å². The highest BCUT2D eigenvalue weighted by Crippen LogP contribution is 2.29. The highest BCUT2D eigenvalue weighted by molar-refractivity contribution is 7.20. The zero-order chi connectivity index (χ0) is 14.1. The summed E-state index contributed by atoms with van der Waals surface area (Å²) in [6, 6.07) is 6.57. The van der Waals surface area contributed by atoms with Crippen LogP contribution in [0.2, 0.25) is 0 Å². The molecule has 1 aliphatic carbocycles. The van der Waals surface area contributed by atoms with Crippen molar-refractivity contribution < 1.29 is 9.18 Å². The first kappa shape index (κ1) is 13.8. The minimum Gasteiger partial charge on any atom is -0.348 e. The quantitative estimate of drug-likeness (QED) is 0.847. The number of hydrogen-bond donors (Lipinski definition) is 1. The Kier molecular flexibility index (Phi) is 3.94. The smallest absolute Gasteiger partial charge is 0.261 e.